The Balaban J connectivity index is 2.28. The molecular weight excluding hydrogens is 228 g/mol. The number of thiophene rings is 1. The summed E-state index contributed by atoms with van der Waals surface area (Å²) >= 11 is 5.04. The molecule has 0 spiro atoms. The van der Waals surface area contributed by atoms with Crippen molar-refractivity contribution in [3.63, 3.8) is 0 Å². The highest BCUT2D eigenvalue weighted by molar-refractivity contribution is 9.10. The molecule has 11 heavy (non-hydrogen) atoms. The summed E-state index contributed by atoms with van der Waals surface area (Å²) in [5, 5.41) is 0.926. The van der Waals surface area contributed by atoms with Gasteiger partial charge in [0.05, 0.1) is 18.2 Å². The Morgan fingerprint density at radius 3 is 3.00 bits per heavy atom. The molecule has 2 heterocycles. The van der Waals surface area contributed by atoms with Crippen LogP contribution in [0.4, 0.5) is 0 Å². The molecule has 0 saturated carbocycles. The quantitative estimate of drug-likeness (QED) is 0.735. The van der Waals surface area contributed by atoms with E-state index >= 15 is 0 Å². The van der Waals surface area contributed by atoms with E-state index in [9.17, 15) is 0 Å². The van der Waals surface area contributed by atoms with Crippen LogP contribution >= 0.6 is 27.3 Å². The lowest BCUT2D eigenvalue weighted by atomic mass is 10.4. The molecular formula is C7H7BrO2S. The SMILES string of the molecule is COc1sc([C@H]2CO2)cc1Br. The van der Waals surface area contributed by atoms with Crippen LogP contribution in [0.2, 0.25) is 0 Å². The first-order chi connectivity index (χ1) is 5.31. The molecule has 0 aliphatic carbocycles. The highest BCUT2D eigenvalue weighted by Gasteiger charge is 2.27. The lowest BCUT2D eigenvalue weighted by molar-refractivity contribution is 0.418. The topological polar surface area (TPSA) is 21.8 Å². The van der Waals surface area contributed by atoms with E-state index in [0.29, 0.717) is 6.10 Å². The molecule has 0 radical (unpaired) electrons. The van der Waals surface area contributed by atoms with Crippen molar-refractivity contribution in [3.8, 4) is 5.06 Å². The highest BCUT2D eigenvalue weighted by atomic mass is 79.9. The van der Waals surface area contributed by atoms with E-state index in [-0.39, 0.29) is 0 Å². The number of hydrogen-bond donors (Lipinski definition) is 0. The molecule has 1 aliphatic rings. The minimum absolute atomic E-state index is 0.334. The first kappa shape index (κ1) is 7.58. The van der Waals surface area contributed by atoms with Gasteiger partial charge in [-0.1, -0.05) is 0 Å². The molecule has 2 rings (SSSR count). The summed E-state index contributed by atoms with van der Waals surface area (Å²) in [5.41, 5.74) is 0. The van der Waals surface area contributed by atoms with E-state index in [2.05, 4.69) is 22.0 Å². The van der Waals surface area contributed by atoms with Gasteiger partial charge in [-0.15, -0.1) is 11.3 Å². The molecule has 0 aromatic carbocycles. The van der Waals surface area contributed by atoms with Gasteiger partial charge in [-0.05, 0) is 22.0 Å². The summed E-state index contributed by atoms with van der Waals surface area (Å²) in [7, 11) is 1.67. The van der Waals surface area contributed by atoms with Crippen LogP contribution in [0.3, 0.4) is 0 Å². The maximum absolute atomic E-state index is 5.14. The lowest BCUT2D eigenvalue weighted by Gasteiger charge is -1.91. The summed E-state index contributed by atoms with van der Waals surface area (Å²) < 4.78 is 11.3. The van der Waals surface area contributed by atoms with Crippen LogP contribution in [0.15, 0.2) is 10.5 Å². The molecule has 1 aromatic rings. The van der Waals surface area contributed by atoms with Gasteiger partial charge in [-0.3, -0.25) is 0 Å². The number of ether oxygens (including phenoxy) is 2. The van der Waals surface area contributed by atoms with Crippen LogP contribution in [0.5, 0.6) is 5.06 Å². The summed E-state index contributed by atoms with van der Waals surface area (Å²) in [5.74, 6) is 0. The molecule has 1 fully saturated rings. The van der Waals surface area contributed by atoms with E-state index in [1.54, 1.807) is 18.4 Å². The van der Waals surface area contributed by atoms with Gasteiger partial charge in [0.15, 0.2) is 5.06 Å². The predicted octanol–water partition coefficient (Wildman–Crippen LogP) is 2.59. The molecule has 4 heteroatoms. The van der Waals surface area contributed by atoms with Crippen molar-refractivity contribution in [2.24, 2.45) is 0 Å². The minimum Gasteiger partial charge on any atom is -0.486 e. The normalized spacial score (nSPS) is 21.8. The van der Waals surface area contributed by atoms with Gasteiger partial charge in [0.2, 0.25) is 0 Å². The third kappa shape index (κ3) is 1.43. The van der Waals surface area contributed by atoms with E-state index in [1.807, 2.05) is 0 Å². The molecule has 60 valence electrons. The summed E-state index contributed by atoms with van der Waals surface area (Å²) in [6.45, 7) is 0.857. The Hall–Kier alpha value is -0.0600. The summed E-state index contributed by atoms with van der Waals surface area (Å²) in [4.78, 5) is 1.24. The molecule has 1 saturated heterocycles. The molecule has 0 amide bonds. The van der Waals surface area contributed by atoms with Gasteiger partial charge >= 0.3 is 0 Å². The maximum Gasteiger partial charge on any atom is 0.188 e. The number of methoxy groups -OCH3 is 1. The van der Waals surface area contributed by atoms with Crippen molar-refractivity contribution in [1.29, 1.82) is 0 Å². The van der Waals surface area contributed by atoms with E-state index < -0.39 is 0 Å². The molecule has 1 atom stereocenters. The van der Waals surface area contributed by atoms with Crippen LogP contribution < -0.4 is 4.74 Å². The van der Waals surface area contributed by atoms with Gasteiger partial charge in [-0.2, -0.15) is 0 Å². The lowest BCUT2D eigenvalue weighted by Crippen LogP contribution is -1.75. The number of rotatable bonds is 2. The Labute approximate surface area is 77.3 Å². The van der Waals surface area contributed by atoms with Crippen molar-refractivity contribution in [2.75, 3.05) is 13.7 Å². The van der Waals surface area contributed by atoms with Crippen molar-refractivity contribution in [1.82, 2.24) is 0 Å². The number of hydrogen-bond acceptors (Lipinski definition) is 3. The molecule has 0 N–H and O–H groups in total. The zero-order valence-corrected chi connectivity index (χ0v) is 8.37. The van der Waals surface area contributed by atoms with Crippen molar-refractivity contribution in [2.45, 2.75) is 6.10 Å². The largest absolute Gasteiger partial charge is 0.486 e. The van der Waals surface area contributed by atoms with Gasteiger partial charge < -0.3 is 9.47 Å². The fraction of sp³-hybridized carbons (Fsp3) is 0.429. The average Bonchev–Trinajstić information content (AvgIpc) is 2.76. The molecule has 0 unspecified atom stereocenters. The summed E-state index contributed by atoms with van der Waals surface area (Å²) in [6, 6.07) is 2.06. The van der Waals surface area contributed by atoms with E-state index in [1.165, 1.54) is 4.88 Å². The zero-order valence-electron chi connectivity index (χ0n) is 5.96. The van der Waals surface area contributed by atoms with Crippen LogP contribution in [-0.2, 0) is 4.74 Å². The molecule has 1 aliphatic heterocycles. The smallest absolute Gasteiger partial charge is 0.188 e. The average molecular weight is 235 g/mol. The van der Waals surface area contributed by atoms with Crippen LogP contribution in [0.1, 0.15) is 11.0 Å². The standard InChI is InChI=1S/C7H7BrO2S/c1-9-7-4(8)2-6(11-7)5-3-10-5/h2,5H,3H2,1H3/t5-/m1/s1. The fourth-order valence-corrected chi connectivity index (χ4v) is 2.58. The Kier molecular flexibility index (Phi) is 1.91. The van der Waals surface area contributed by atoms with Gasteiger partial charge in [0, 0.05) is 4.88 Å². The zero-order chi connectivity index (χ0) is 7.84. The van der Waals surface area contributed by atoms with Crippen molar-refractivity contribution >= 4 is 27.3 Å². The maximum atomic E-state index is 5.14. The fourth-order valence-electron chi connectivity index (χ4n) is 0.879. The first-order valence-electron chi connectivity index (χ1n) is 3.26. The second-order valence-electron chi connectivity index (χ2n) is 2.31. The predicted molar refractivity (Wildman–Crippen MR) is 47.3 cm³/mol. The monoisotopic (exact) mass is 234 g/mol. The number of epoxide rings is 1. The third-order valence-electron chi connectivity index (χ3n) is 1.51. The Bertz CT molecular complexity index is 267. The van der Waals surface area contributed by atoms with Crippen LogP contribution in [-0.4, -0.2) is 13.7 Å². The van der Waals surface area contributed by atoms with Crippen LogP contribution in [0, 0.1) is 0 Å². The van der Waals surface area contributed by atoms with Gasteiger partial charge in [0.1, 0.15) is 6.10 Å². The first-order valence-corrected chi connectivity index (χ1v) is 4.87. The number of halogens is 1. The van der Waals surface area contributed by atoms with Crippen LogP contribution in [0.25, 0.3) is 0 Å². The van der Waals surface area contributed by atoms with Crippen molar-refractivity contribution < 1.29 is 9.47 Å². The molecule has 2 nitrogen and oxygen atoms in total. The van der Waals surface area contributed by atoms with E-state index in [4.69, 9.17) is 9.47 Å². The molecule has 0 bridgehead atoms. The van der Waals surface area contributed by atoms with Gasteiger partial charge in [0.25, 0.3) is 0 Å². The summed E-state index contributed by atoms with van der Waals surface area (Å²) in [6.07, 6.45) is 0.334. The molecule has 1 aromatic heterocycles. The third-order valence-corrected chi connectivity index (χ3v) is 3.55. The minimum atomic E-state index is 0.334. The second-order valence-corrected chi connectivity index (χ2v) is 4.21. The second kappa shape index (κ2) is 2.77. The Morgan fingerprint density at radius 2 is 2.55 bits per heavy atom. The Morgan fingerprint density at radius 1 is 1.82 bits per heavy atom. The van der Waals surface area contributed by atoms with E-state index in [0.717, 1.165) is 16.1 Å². The highest BCUT2D eigenvalue weighted by Crippen LogP contribution is 2.42. The van der Waals surface area contributed by atoms with Gasteiger partial charge in [-0.25, -0.2) is 0 Å². The van der Waals surface area contributed by atoms with Crippen molar-refractivity contribution in [3.05, 3.63) is 15.4 Å².